The predicted octanol–water partition coefficient (Wildman–Crippen LogP) is 2.15. The number of rotatable bonds is 3. The van der Waals surface area contributed by atoms with E-state index in [0.717, 1.165) is 5.56 Å². The van der Waals surface area contributed by atoms with Crippen LogP contribution < -0.4 is 4.90 Å². The normalized spacial score (nSPS) is 18.7. The maximum atomic E-state index is 13.1. The van der Waals surface area contributed by atoms with Gasteiger partial charge in [0.1, 0.15) is 11.1 Å². The molecule has 0 saturated carbocycles. The van der Waals surface area contributed by atoms with Gasteiger partial charge in [0.15, 0.2) is 0 Å². The number of carbonyl (C=O) groups is 1. The average Bonchev–Trinajstić information content (AvgIpc) is 2.90. The van der Waals surface area contributed by atoms with Crippen molar-refractivity contribution in [3.8, 4) is 11.3 Å². The molecule has 114 valence electrons. The van der Waals surface area contributed by atoms with Gasteiger partial charge in [-0.05, 0) is 12.1 Å². The van der Waals surface area contributed by atoms with Gasteiger partial charge in [-0.15, -0.1) is 3.89 Å². The van der Waals surface area contributed by atoms with Crippen LogP contribution in [0.4, 0.5) is 9.70 Å². The first-order chi connectivity index (χ1) is 10.4. The number of pyridine rings is 1. The number of hydrogen-bond acceptors (Lipinski definition) is 4. The third-order valence-electron chi connectivity index (χ3n) is 3.57. The summed E-state index contributed by atoms with van der Waals surface area (Å²) in [6.07, 6.45) is -0.351. The molecular formula is C15H13FN2O3S. The number of anilines is 1. The molecular weight excluding hydrogens is 307 g/mol. The second kappa shape index (κ2) is 5.49. The van der Waals surface area contributed by atoms with Gasteiger partial charge in [-0.3, -0.25) is 9.69 Å². The lowest BCUT2D eigenvalue weighted by atomic mass is 10.1. The van der Waals surface area contributed by atoms with E-state index < -0.39 is 21.4 Å². The van der Waals surface area contributed by atoms with Crippen LogP contribution in [0.5, 0.6) is 0 Å². The molecule has 0 aliphatic carbocycles. The summed E-state index contributed by atoms with van der Waals surface area (Å²) in [7, 11) is -4.73. The number of hydrogen-bond donors (Lipinski definition) is 0. The van der Waals surface area contributed by atoms with E-state index in [0.29, 0.717) is 11.5 Å². The molecule has 0 radical (unpaired) electrons. The number of amides is 1. The lowest BCUT2D eigenvalue weighted by Gasteiger charge is -2.15. The van der Waals surface area contributed by atoms with Gasteiger partial charge in [0.2, 0.25) is 5.91 Å². The maximum Gasteiger partial charge on any atom is 0.307 e. The smallest absolute Gasteiger partial charge is 0.295 e. The maximum absolute atomic E-state index is 13.1. The molecule has 1 amide bonds. The van der Waals surface area contributed by atoms with Gasteiger partial charge >= 0.3 is 10.2 Å². The van der Waals surface area contributed by atoms with Gasteiger partial charge in [-0.25, -0.2) is 4.98 Å². The van der Waals surface area contributed by atoms with Crippen molar-refractivity contribution < 1.29 is 17.1 Å². The molecule has 1 unspecified atom stereocenters. The van der Waals surface area contributed by atoms with Gasteiger partial charge in [-0.1, -0.05) is 36.4 Å². The third-order valence-corrected chi connectivity index (χ3v) is 4.68. The molecule has 0 bridgehead atoms. The summed E-state index contributed by atoms with van der Waals surface area (Å²) in [6.45, 7) is -0.205. The minimum absolute atomic E-state index is 0.205. The van der Waals surface area contributed by atoms with Crippen LogP contribution in [0.2, 0.25) is 0 Å². The van der Waals surface area contributed by atoms with Gasteiger partial charge in [0.25, 0.3) is 0 Å². The number of carbonyl (C=O) groups excluding carboxylic acids is 1. The monoisotopic (exact) mass is 320 g/mol. The molecule has 2 aromatic rings. The SMILES string of the molecule is O=C1CC(S(=O)(=O)F)CN1c1cccc(-c2ccccc2)n1. The van der Waals surface area contributed by atoms with Gasteiger partial charge in [-0.2, -0.15) is 8.42 Å². The second-order valence-electron chi connectivity index (χ2n) is 5.05. The Kier molecular flexibility index (Phi) is 3.66. The van der Waals surface area contributed by atoms with Crippen LogP contribution >= 0.6 is 0 Å². The van der Waals surface area contributed by atoms with E-state index in [1.54, 1.807) is 18.2 Å². The zero-order valence-corrected chi connectivity index (χ0v) is 12.3. The van der Waals surface area contributed by atoms with Crippen molar-refractivity contribution in [3.63, 3.8) is 0 Å². The molecule has 1 fully saturated rings. The fourth-order valence-corrected chi connectivity index (χ4v) is 3.10. The first-order valence-electron chi connectivity index (χ1n) is 6.71. The zero-order valence-electron chi connectivity index (χ0n) is 11.5. The zero-order chi connectivity index (χ0) is 15.7. The van der Waals surface area contributed by atoms with E-state index in [-0.39, 0.29) is 13.0 Å². The minimum atomic E-state index is -4.73. The summed E-state index contributed by atoms with van der Waals surface area (Å²) in [5.41, 5.74) is 1.54. The molecule has 22 heavy (non-hydrogen) atoms. The lowest BCUT2D eigenvalue weighted by Crippen LogP contribution is -2.27. The first-order valence-corrected chi connectivity index (χ1v) is 8.16. The fraction of sp³-hybridized carbons (Fsp3) is 0.200. The van der Waals surface area contributed by atoms with Crippen molar-refractivity contribution in [1.29, 1.82) is 0 Å². The van der Waals surface area contributed by atoms with Crippen molar-refractivity contribution in [2.24, 2.45) is 0 Å². The van der Waals surface area contributed by atoms with Crippen LogP contribution in [0, 0.1) is 0 Å². The molecule has 1 saturated heterocycles. The summed E-state index contributed by atoms with van der Waals surface area (Å²) >= 11 is 0. The second-order valence-corrected chi connectivity index (χ2v) is 6.67. The quantitative estimate of drug-likeness (QED) is 0.813. The summed E-state index contributed by atoms with van der Waals surface area (Å²) < 4.78 is 35.0. The molecule has 2 heterocycles. The highest BCUT2D eigenvalue weighted by Gasteiger charge is 2.39. The Morgan fingerprint density at radius 2 is 1.82 bits per heavy atom. The average molecular weight is 320 g/mol. The Hall–Kier alpha value is -2.28. The van der Waals surface area contributed by atoms with Crippen molar-refractivity contribution in [3.05, 3.63) is 48.5 Å². The molecule has 7 heteroatoms. The molecule has 1 aromatic carbocycles. The molecule has 0 spiro atoms. The predicted molar refractivity (Wildman–Crippen MR) is 80.5 cm³/mol. The van der Waals surface area contributed by atoms with Crippen molar-refractivity contribution in [2.45, 2.75) is 11.7 Å². The van der Waals surface area contributed by atoms with Crippen molar-refractivity contribution >= 4 is 21.9 Å². The summed E-state index contributed by atoms with van der Waals surface area (Å²) in [6, 6.07) is 14.5. The number of aromatic nitrogens is 1. The largest absolute Gasteiger partial charge is 0.307 e. The van der Waals surface area contributed by atoms with Crippen LogP contribution in [-0.2, 0) is 15.0 Å². The Balaban J connectivity index is 1.92. The fourth-order valence-electron chi connectivity index (χ4n) is 2.43. The number of nitrogens with zero attached hydrogens (tertiary/aromatic N) is 2. The van der Waals surface area contributed by atoms with Crippen LogP contribution in [0.25, 0.3) is 11.3 Å². The van der Waals surface area contributed by atoms with Crippen LogP contribution in [-0.4, -0.2) is 31.1 Å². The summed E-state index contributed by atoms with van der Waals surface area (Å²) in [5, 5.41) is -1.32. The van der Waals surface area contributed by atoms with Crippen molar-refractivity contribution in [2.75, 3.05) is 11.4 Å². The Labute approximate surface area is 127 Å². The van der Waals surface area contributed by atoms with E-state index in [2.05, 4.69) is 4.98 Å². The standard InChI is InChI=1S/C15H13FN2O3S/c16-22(20,21)12-9-15(19)18(10-12)14-8-4-7-13(17-14)11-5-2-1-3-6-11/h1-8,12H,9-10H2. The minimum Gasteiger partial charge on any atom is -0.295 e. The van der Waals surface area contributed by atoms with Crippen LogP contribution in [0.1, 0.15) is 6.42 Å². The molecule has 1 aromatic heterocycles. The Bertz CT molecular complexity index is 809. The van der Waals surface area contributed by atoms with Gasteiger partial charge in [0, 0.05) is 18.5 Å². The van der Waals surface area contributed by atoms with Crippen molar-refractivity contribution in [1.82, 2.24) is 4.98 Å². The van der Waals surface area contributed by atoms with E-state index in [1.807, 2.05) is 30.3 Å². The summed E-state index contributed by atoms with van der Waals surface area (Å²) in [5.74, 6) is -0.110. The Morgan fingerprint density at radius 3 is 2.45 bits per heavy atom. The highest BCUT2D eigenvalue weighted by atomic mass is 32.3. The molecule has 1 atom stereocenters. The molecule has 5 nitrogen and oxygen atoms in total. The Morgan fingerprint density at radius 1 is 1.09 bits per heavy atom. The lowest BCUT2D eigenvalue weighted by molar-refractivity contribution is -0.117. The number of benzene rings is 1. The van der Waals surface area contributed by atoms with E-state index in [4.69, 9.17) is 0 Å². The molecule has 1 aliphatic heterocycles. The highest BCUT2D eigenvalue weighted by molar-refractivity contribution is 7.87. The first kappa shape index (κ1) is 14.6. The highest BCUT2D eigenvalue weighted by Crippen LogP contribution is 2.26. The molecule has 0 N–H and O–H groups in total. The van der Waals surface area contributed by atoms with Gasteiger partial charge < -0.3 is 0 Å². The van der Waals surface area contributed by atoms with E-state index >= 15 is 0 Å². The van der Waals surface area contributed by atoms with Crippen LogP contribution in [0.15, 0.2) is 48.5 Å². The van der Waals surface area contributed by atoms with E-state index in [1.165, 1.54) is 4.90 Å². The molecule has 3 rings (SSSR count). The molecule has 1 aliphatic rings. The van der Waals surface area contributed by atoms with Crippen LogP contribution in [0.3, 0.4) is 0 Å². The van der Waals surface area contributed by atoms with E-state index in [9.17, 15) is 17.1 Å². The van der Waals surface area contributed by atoms with Gasteiger partial charge in [0.05, 0.1) is 5.69 Å². The number of halogens is 1. The third kappa shape index (κ3) is 2.85. The topological polar surface area (TPSA) is 67.3 Å². The summed E-state index contributed by atoms with van der Waals surface area (Å²) in [4.78, 5) is 17.5.